The van der Waals surface area contributed by atoms with E-state index in [4.69, 9.17) is 5.73 Å². The van der Waals surface area contributed by atoms with Crippen molar-refractivity contribution in [3.8, 4) is 0 Å². The lowest BCUT2D eigenvalue weighted by Gasteiger charge is -2.11. The standard InChI is InChI=1S/C11H18N2O2S/c1-8(2)7-13-16(14,15)11-5-4-10(12)6-9(11)3/h4-6,8,13H,7,12H2,1-3H3. The Kier molecular flexibility index (Phi) is 3.93. The maximum Gasteiger partial charge on any atom is 0.240 e. The first-order chi connectivity index (χ1) is 7.33. The number of hydrogen-bond donors (Lipinski definition) is 2. The highest BCUT2D eigenvalue weighted by atomic mass is 32.2. The van der Waals surface area contributed by atoms with Crippen LogP contribution in [0.25, 0.3) is 0 Å². The van der Waals surface area contributed by atoms with Gasteiger partial charge >= 0.3 is 0 Å². The highest BCUT2D eigenvalue weighted by Gasteiger charge is 2.16. The number of nitrogens with one attached hydrogen (secondary N) is 1. The van der Waals surface area contributed by atoms with Crippen molar-refractivity contribution in [1.82, 2.24) is 4.72 Å². The Hall–Kier alpha value is -1.07. The van der Waals surface area contributed by atoms with E-state index >= 15 is 0 Å². The lowest BCUT2D eigenvalue weighted by molar-refractivity contribution is 0.559. The fraction of sp³-hybridized carbons (Fsp3) is 0.455. The van der Waals surface area contributed by atoms with Crippen LogP contribution in [-0.2, 0) is 10.0 Å². The van der Waals surface area contributed by atoms with Crippen LogP contribution in [0.15, 0.2) is 23.1 Å². The molecule has 0 aromatic heterocycles. The molecular formula is C11H18N2O2S. The summed E-state index contributed by atoms with van der Waals surface area (Å²) < 4.78 is 26.4. The Morgan fingerprint density at radius 2 is 2.00 bits per heavy atom. The summed E-state index contributed by atoms with van der Waals surface area (Å²) in [6.07, 6.45) is 0. The fourth-order valence-electron chi connectivity index (χ4n) is 1.33. The van der Waals surface area contributed by atoms with Crippen molar-refractivity contribution in [2.45, 2.75) is 25.7 Å². The van der Waals surface area contributed by atoms with E-state index in [9.17, 15) is 8.42 Å². The van der Waals surface area contributed by atoms with E-state index in [1.165, 1.54) is 6.07 Å². The molecule has 16 heavy (non-hydrogen) atoms. The summed E-state index contributed by atoms with van der Waals surface area (Å²) in [4.78, 5) is 0.294. The van der Waals surface area contributed by atoms with Gasteiger partial charge in [0.2, 0.25) is 10.0 Å². The van der Waals surface area contributed by atoms with Gasteiger partial charge in [0.1, 0.15) is 0 Å². The number of hydrogen-bond acceptors (Lipinski definition) is 3. The summed E-state index contributed by atoms with van der Waals surface area (Å²) in [6.45, 7) is 6.09. The molecule has 0 heterocycles. The Morgan fingerprint density at radius 1 is 1.38 bits per heavy atom. The second kappa shape index (κ2) is 4.84. The van der Waals surface area contributed by atoms with Crippen LogP contribution < -0.4 is 10.5 Å². The molecule has 0 aliphatic heterocycles. The summed E-state index contributed by atoms with van der Waals surface area (Å²) in [6, 6.07) is 4.79. The third kappa shape index (κ3) is 3.21. The fourth-order valence-corrected chi connectivity index (χ4v) is 2.77. The van der Waals surface area contributed by atoms with Crippen molar-refractivity contribution >= 4 is 15.7 Å². The van der Waals surface area contributed by atoms with Crippen molar-refractivity contribution in [2.75, 3.05) is 12.3 Å². The molecule has 0 amide bonds. The van der Waals surface area contributed by atoms with Gasteiger partial charge in [-0.15, -0.1) is 0 Å². The zero-order chi connectivity index (χ0) is 12.3. The minimum atomic E-state index is -3.41. The van der Waals surface area contributed by atoms with E-state index < -0.39 is 10.0 Å². The molecule has 0 atom stereocenters. The van der Waals surface area contributed by atoms with Crippen LogP contribution in [0, 0.1) is 12.8 Å². The first-order valence-corrected chi connectivity index (χ1v) is 6.67. The number of aryl methyl sites for hydroxylation is 1. The van der Waals surface area contributed by atoms with Crippen molar-refractivity contribution < 1.29 is 8.42 Å². The minimum absolute atomic E-state index is 0.281. The van der Waals surface area contributed by atoms with Crippen LogP contribution in [0.4, 0.5) is 5.69 Å². The summed E-state index contributed by atoms with van der Waals surface area (Å²) in [5.74, 6) is 0.281. The molecule has 0 bridgehead atoms. The lowest BCUT2D eigenvalue weighted by Crippen LogP contribution is -2.28. The molecule has 0 radical (unpaired) electrons. The second-order valence-electron chi connectivity index (χ2n) is 4.27. The first-order valence-electron chi connectivity index (χ1n) is 5.18. The van der Waals surface area contributed by atoms with Gasteiger partial charge in [0.05, 0.1) is 4.90 Å². The molecule has 0 aliphatic carbocycles. The highest BCUT2D eigenvalue weighted by molar-refractivity contribution is 7.89. The molecule has 0 spiro atoms. The van der Waals surface area contributed by atoms with E-state index in [0.717, 1.165) is 0 Å². The number of sulfonamides is 1. The van der Waals surface area contributed by atoms with Gasteiger partial charge in [0.15, 0.2) is 0 Å². The van der Waals surface area contributed by atoms with E-state index in [0.29, 0.717) is 22.7 Å². The zero-order valence-corrected chi connectivity index (χ0v) is 10.6. The van der Waals surface area contributed by atoms with E-state index in [1.54, 1.807) is 19.1 Å². The van der Waals surface area contributed by atoms with Gasteiger partial charge in [-0.2, -0.15) is 0 Å². The molecule has 0 unspecified atom stereocenters. The van der Waals surface area contributed by atoms with Gasteiger partial charge in [-0.3, -0.25) is 0 Å². The highest BCUT2D eigenvalue weighted by Crippen LogP contribution is 2.17. The molecule has 0 fully saturated rings. The van der Waals surface area contributed by atoms with Gasteiger partial charge in [-0.25, -0.2) is 13.1 Å². The zero-order valence-electron chi connectivity index (χ0n) is 9.82. The summed E-state index contributed by atoms with van der Waals surface area (Å²) in [5.41, 5.74) is 6.81. The average molecular weight is 242 g/mol. The largest absolute Gasteiger partial charge is 0.399 e. The quantitative estimate of drug-likeness (QED) is 0.786. The molecule has 0 saturated carbocycles. The van der Waals surface area contributed by atoms with Crippen molar-refractivity contribution in [2.24, 2.45) is 5.92 Å². The molecule has 3 N–H and O–H groups in total. The SMILES string of the molecule is Cc1cc(N)ccc1S(=O)(=O)NCC(C)C. The first kappa shape index (κ1) is 13.0. The second-order valence-corrected chi connectivity index (χ2v) is 6.01. The Balaban J connectivity index is 2.99. The normalized spacial score (nSPS) is 12.0. The van der Waals surface area contributed by atoms with Crippen LogP contribution in [0.5, 0.6) is 0 Å². The number of nitrogens with two attached hydrogens (primary N) is 1. The van der Waals surface area contributed by atoms with Gasteiger partial charge in [-0.1, -0.05) is 13.8 Å². The predicted octanol–water partition coefficient (Wildman–Crippen LogP) is 1.51. The lowest BCUT2D eigenvalue weighted by atomic mass is 10.2. The molecule has 0 aliphatic rings. The number of nitrogen functional groups attached to an aromatic ring is 1. The smallest absolute Gasteiger partial charge is 0.240 e. The summed E-state index contributed by atoms with van der Waals surface area (Å²) in [5, 5.41) is 0. The Morgan fingerprint density at radius 3 is 2.50 bits per heavy atom. The molecule has 1 rings (SSSR count). The van der Waals surface area contributed by atoms with Crippen LogP contribution in [0.1, 0.15) is 19.4 Å². The van der Waals surface area contributed by atoms with Crippen LogP contribution in [0.3, 0.4) is 0 Å². The predicted molar refractivity (Wildman–Crippen MR) is 65.6 cm³/mol. The van der Waals surface area contributed by atoms with E-state index in [1.807, 2.05) is 13.8 Å². The maximum absolute atomic E-state index is 11.9. The number of benzene rings is 1. The molecule has 90 valence electrons. The van der Waals surface area contributed by atoms with E-state index in [2.05, 4.69) is 4.72 Å². The molecule has 1 aromatic carbocycles. The Labute approximate surface area is 96.9 Å². The number of rotatable bonds is 4. The molecule has 5 heteroatoms. The third-order valence-corrected chi connectivity index (χ3v) is 3.75. The van der Waals surface area contributed by atoms with Crippen LogP contribution >= 0.6 is 0 Å². The van der Waals surface area contributed by atoms with Crippen molar-refractivity contribution in [3.05, 3.63) is 23.8 Å². The maximum atomic E-state index is 11.9. The average Bonchev–Trinajstić information content (AvgIpc) is 2.14. The summed E-state index contributed by atoms with van der Waals surface area (Å²) >= 11 is 0. The van der Waals surface area contributed by atoms with Gasteiger partial charge in [0, 0.05) is 12.2 Å². The van der Waals surface area contributed by atoms with Gasteiger partial charge in [-0.05, 0) is 36.6 Å². The van der Waals surface area contributed by atoms with Crippen molar-refractivity contribution in [1.29, 1.82) is 0 Å². The van der Waals surface area contributed by atoms with Crippen molar-refractivity contribution in [3.63, 3.8) is 0 Å². The Bertz CT molecular complexity index is 467. The molecule has 0 saturated heterocycles. The number of anilines is 1. The summed E-state index contributed by atoms with van der Waals surface area (Å²) in [7, 11) is -3.41. The molecule has 4 nitrogen and oxygen atoms in total. The molecule has 1 aromatic rings. The minimum Gasteiger partial charge on any atom is -0.399 e. The van der Waals surface area contributed by atoms with Crippen LogP contribution in [0.2, 0.25) is 0 Å². The third-order valence-electron chi connectivity index (χ3n) is 2.17. The topological polar surface area (TPSA) is 72.2 Å². The van der Waals surface area contributed by atoms with E-state index in [-0.39, 0.29) is 5.92 Å². The van der Waals surface area contributed by atoms with Crippen LogP contribution in [-0.4, -0.2) is 15.0 Å². The monoisotopic (exact) mass is 242 g/mol. The van der Waals surface area contributed by atoms with Gasteiger partial charge in [0.25, 0.3) is 0 Å². The molecular weight excluding hydrogens is 224 g/mol. The van der Waals surface area contributed by atoms with Gasteiger partial charge < -0.3 is 5.73 Å².